The van der Waals surface area contributed by atoms with Crippen molar-refractivity contribution in [3.63, 3.8) is 0 Å². The molecule has 4 heteroatoms. The Kier molecular flexibility index (Phi) is 3.05. The molecule has 1 N–H and O–H groups in total. The van der Waals surface area contributed by atoms with Crippen LogP contribution in [0.15, 0.2) is 29.8 Å². The summed E-state index contributed by atoms with van der Waals surface area (Å²) in [5.41, 5.74) is 1.72. The third-order valence-corrected chi connectivity index (χ3v) is 3.48. The summed E-state index contributed by atoms with van der Waals surface area (Å²) in [5.74, 6) is 0. The maximum Gasteiger partial charge on any atom is 0.130 e. The lowest BCUT2D eigenvalue weighted by Gasteiger charge is -2.09. The predicted octanol–water partition coefficient (Wildman–Crippen LogP) is 3.19. The maximum atomic E-state index is 10.1. The Balaban J connectivity index is 2.32. The van der Waals surface area contributed by atoms with Crippen LogP contribution in [0.1, 0.15) is 22.2 Å². The van der Waals surface area contributed by atoms with E-state index >= 15 is 0 Å². The largest absolute Gasteiger partial charge is 0.381 e. The van der Waals surface area contributed by atoms with E-state index in [9.17, 15) is 5.11 Å². The van der Waals surface area contributed by atoms with Crippen molar-refractivity contribution in [2.45, 2.75) is 13.0 Å². The van der Waals surface area contributed by atoms with Gasteiger partial charge in [0.1, 0.15) is 6.10 Å². The molecule has 0 fully saturated rings. The van der Waals surface area contributed by atoms with Crippen molar-refractivity contribution in [2.75, 3.05) is 0 Å². The predicted molar refractivity (Wildman–Crippen MR) is 62.4 cm³/mol. The Morgan fingerprint density at radius 2 is 2.20 bits per heavy atom. The average Bonchev–Trinajstić information content (AvgIpc) is 2.65. The van der Waals surface area contributed by atoms with E-state index in [0.717, 1.165) is 10.4 Å². The molecule has 2 nitrogen and oxygen atoms in total. The van der Waals surface area contributed by atoms with Crippen molar-refractivity contribution in [2.24, 2.45) is 0 Å². The fourth-order valence-electron chi connectivity index (χ4n) is 1.35. The molecule has 2 aromatic heterocycles. The summed E-state index contributed by atoms with van der Waals surface area (Å²) in [6, 6.07) is 5.46. The molecular weight excluding hydrogens is 230 g/mol. The highest BCUT2D eigenvalue weighted by atomic mass is 35.5. The zero-order chi connectivity index (χ0) is 10.8. The first-order valence-electron chi connectivity index (χ1n) is 4.52. The van der Waals surface area contributed by atoms with Gasteiger partial charge in [0.25, 0.3) is 0 Å². The highest BCUT2D eigenvalue weighted by Gasteiger charge is 2.15. The van der Waals surface area contributed by atoms with Gasteiger partial charge in [0.05, 0.1) is 10.7 Å². The Morgan fingerprint density at radius 1 is 1.40 bits per heavy atom. The van der Waals surface area contributed by atoms with Crippen molar-refractivity contribution in [1.82, 2.24) is 4.98 Å². The summed E-state index contributed by atoms with van der Waals surface area (Å²) in [4.78, 5) is 5.04. The van der Waals surface area contributed by atoms with E-state index in [0.29, 0.717) is 10.7 Å². The van der Waals surface area contributed by atoms with Crippen LogP contribution in [-0.4, -0.2) is 10.1 Å². The Labute approximate surface area is 97.2 Å². The molecule has 0 aliphatic carbocycles. The number of aryl methyl sites for hydroxylation is 1. The van der Waals surface area contributed by atoms with Gasteiger partial charge in [0.15, 0.2) is 0 Å². The zero-order valence-electron chi connectivity index (χ0n) is 8.14. The molecule has 2 aromatic rings. The van der Waals surface area contributed by atoms with Crippen LogP contribution in [0.5, 0.6) is 0 Å². The molecule has 0 radical (unpaired) electrons. The van der Waals surface area contributed by atoms with Gasteiger partial charge < -0.3 is 5.11 Å². The van der Waals surface area contributed by atoms with Gasteiger partial charge in [0, 0.05) is 11.1 Å². The summed E-state index contributed by atoms with van der Waals surface area (Å²) in [5, 5.41) is 12.6. The Bertz CT molecular complexity index is 452. The van der Waals surface area contributed by atoms with Gasteiger partial charge in [-0.2, -0.15) is 0 Å². The van der Waals surface area contributed by atoms with Crippen LogP contribution >= 0.6 is 22.9 Å². The standard InChI is InChI=1S/C11H10ClNOS/c1-7-4-5-15-11(7)10(14)9-3-2-8(12)6-13-9/h2-6,10,14H,1H3. The van der Waals surface area contributed by atoms with Crippen LogP contribution in [-0.2, 0) is 0 Å². The summed E-state index contributed by atoms with van der Waals surface area (Å²) < 4.78 is 0. The maximum absolute atomic E-state index is 10.1. The van der Waals surface area contributed by atoms with Gasteiger partial charge >= 0.3 is 0 Å². The molecule has 78 valence electrons. The normalized spacial score (nSPS) is 12.7. The van der Waals surface area contributed by atoms with Gasteiger partial charge in [-0.05, 0) is 36.1 Å². The summed E-state index contributed by atoms with van der Waals surface area (Å²) in [6.07, 6.45) is 0.894. The molecule has 0 bridgehead atoms. The lowest BCUT2D eigenvalue weighted by Crippen LogP contribution is -2.01. The molecule has 0 aliphatic rings. The smallest absolute Gasteiger partial charge is 0.130 e. The van der Waals surface area contributed by atoms with E-state index in [4.69, 9.17) is 11.6 Å². The van der Waals surface area contributed by atoms with Crippen LogP contribution in [0.25, 0.3) is 0 Å². The molecule has 0 saturated carbocycles. The number of aliphatic hydroxyl groups is 1. The third kappa shape index (κ3) is 2.20. The molecule has 0 amide bonds. The SMILES string of the molecule is Cc1ccsc1C(O)c1ccc(Cl)cn1. The van der Waals surface area contributed by atoms with Crippen LogP contribution in [0.3, 0.4) is 0 Å². The summed E-state index contributed by atoms with van der Waals surface area (Å²) in [7, 11) is 0. The van der Waals surface area contributed by atoms with Gasteiger partial charge in [-0.3, -0.25) is 4.98 Å². The van der Waals surface area contributed by atoms with E-state index in [1.54, 1.807) is 18.3 Å². The van der Waals surface area contributed by atoms with Gasteiger partial charge in [-0.25, -0.2) is 0 Å². The van der Waals surface area contributed by atoms with Crippen molar-refractivity contribution in [3.8, 4) is 0 Å². The van der Waals surface area contributed by atoms with Crippen LogP contribution in [0.2, 0.25) is 5.02 Å². The van der Waals surface area contributed by atoms with Crippen LogP contribution in [0, 0.1) is 6.92 Å². The van der Waals surface area contributed by atoms with Gasteiger partial charge in [0.2, 0.25) is 0 Å². The third-order valence-electron chi connectivity index (χ3n) is 2.18. The molecule has 2 rings (SSSR count). The lowest BCUT2D eigenvalue weighted by molar-refractivity contribution is 0.218. The highest BCUT2D eigenvalue weighted by Crippen LogP contribution is 2.28. The Morgan fingerprint density at radius 3 is 2.73 bits per heavy atom. The lowest BCUT2D eigenvalue weighted by atomic mass is 10.1. The van der Waals surface area contributed by atoms with Crippen molar-refractivity contribution in [3.05, 3.63) is 50.9 Å². The number of aromatic nitrogens is 1. The second kappa shape index (κ2) is 4.31. The second-order valence-electron chi connectivity index (χ2n) is 3.27. The number of hydrogen-bond acceptors (Lipinski definition) is 3. The van der Waals surface area contributed by atoms with Crippen LogP contribution in [0.4, 0.5) is 0 Å². The fraction of sp³-hybridized carbons (Fsp3) is 0.182. The molecule has 0 aliphatic heterocycles. The van der Waals surface area contributed by atoms with Gasteiger partial charge in [-0.1, -0.05) is 11.6 Å². The first-order chi connectivity index (χ1) is 7.18. The van der Waals surface area contributed by atoms with Crippen molar-refractivity contribution < 1.29 is 5.11 Å². The molecule has 0 aromatic carbocycles. The number of halogens is 1. The minimum Gasteiger partial charge on any atom is -0.381 e. The first-order valence-corrected chi connectivity index (χ1v) is 5.78. The molecular formula is C11H10ClNOS. The molecule has 1 atom stereocenters. The minimum atomic E-state index is -0.651. The quantitative estimate of drug-likeness (QED) is 0.873. The van der Waals surface area contributed by atoms with Crippen LogP contribution < -0.4 is 0 Å². The molecule has 1 unspecified atom stereocenters. The monoisotopic (exact) mass is 239 g/mol. The van der Waals surface area contributed by atoms with E-state index in [2.05, 4.69) is 4.98 Å². The molecule has 15 heavy (non-hydrogen) atoms. The first kappa shape index (κ1) is 10.6. The number of thiophene rings is 1. The fourth-order valence-corrected chi connectivity index (χ4v) is 2.38. The van der Waals surface area contributed by atoms with E-state index < -0.39 is 6.10 Å². The van der Waals surface area contributed by atoms with Crippen molar-refractivity contribution >= 4 is 22.9 Å². The number of rotatable bonds is 2. The minimum absolute atomic E-state index is 0.578. The van der Waals surface area contributed by atoms with Gasteiger partial charge in [-0.15, -0.1) is 11.3 Å². The van der Waals surface area contributed by atoms with E-state index in [-0.39, 0.29) is 0 Å². The summed E-state index contributed by atoms with van der Waals surface area (Å²) in [6.45, 7) is 1.98. The molecule has 0 spiro atoms. The number of hydrogen-bond donors (Lipinski definition) is 1. The number of aliphatic hydroxyl groups excluding tert-OH is 1. The zero-order valence-corrected chi connectivity index (χ0v) is 9.72. The van der Waals surface area contributed by atoms with E-state index in [1.165, 1.54) is 11.3 Å². The molecule has 2 heterocycles. The summed E-state index contributed by atoms with van der Waals surface area (Å²) >= 11 is 7.26. The Hall–Kier alpha value is -0.900. The number of pyridine rings is 1. The topological polar surface area (TPSA) is 33.1 Å². The van der Waals surface area contributed by atoms with E-state index in [1.807, 2.05) is 18.4 Å². The highest BCUT2D eigenvalue weighted by molar-refractivity contribution is 7.10. The van der Waals surface area contributed by atoms with Crippen molar-refractivity contribution in [1.29, 1.82) is 0 Å². The average molecular weight is 240 g/mol. The second-order valence-corrected chi connectivity index (χ2v) is 4.66. The molecule has 0 saturated heterocycles. The number of nitrogens with zero attached hydrogens (tertiary/aromatic N) is 1.